The van der Waals surface area contributed by atoms with Gasteiger partial charge in [0.25, 0.3) is 0 Å². The number of benzene rings is 1. The topological polar surface area (TPSA) is 73.6 Å². The van der Waals surface area contributed by atoms with Crippen molar-refractivity contribution in [1.82, 2.24) is 5.32 Å². The molecule has 29 heavy (non-hydrogen) atoms. The van der Waals surface area contributed by atoms with E-state index in [0.29, 0.717) is 5.46 Å². The van der Waals surface area contributed by atoms with Gasteiger partial charge >= 0.3 is 13.3 Å². The molecule has 1 aromatic rings. The third kappa shape index (κ3) is 5.52. The van der Waals surface area contributed by atoms with Crippen LogP contribution in [0.4, 0.5) is 13.2 Å². The minimum atomic E-state index is -4.59. The number of nitrogens with one attached hydrogen (secondary N) is 1. The van der Waals surface area contributed by atoms with Crippen molar-refractivity contribution in [3.63, 3.8) is 0 Å². The lowest BCUT2D eigenvalue weighted by atomic mass is 9.78. The molecule has 2 atom stereocenters. The second-order valence-electron chi connectivity index (χ2n) is 8.98. The fourth-order valence-electron chi connectivity index (χ4n) is 3.14. The maximum absolute atomic E-state index is 13.7. The Morgan fingerprint density at radius 2 is 1.59 bits per heavy atom. The number of halogens is 3. The van der Waals surface area contributed by atoms with Gasteiger partial charge in [-0.3, -0.25) is 10.1 Å². The number of nitrogens with two attached hydrogens (primary N) is 1. The standard InChI is InChI=1S/C20H30BF3N2O3/c1-12(2)11-15(17(25)27)26-16(20(22,23)24)13-7-9-14(10-8-13)21-28-18(3,4)19(5,6)29-21/h7-10,12,15-16,26H,11H2,1-6H3,(H2,25,27)/t15-,16-/m0/s1. The van der Waals surface area contributed by atoms with Crippen molar-refractivity contribution in [3.05, 3.63) is 29.8 Å². The van der Waals surface area contributed by atoms with Crippen LogP contribution in [0, 0.1) is 5.92 Å². The quantitative estimate of drug-likeness (QED) is 0.673. The van der Waals surface area contributed by atoms with E-state index >= 15 is 0 Å². The predicted molar refractivity (Wildman–Crippen MR) is 107 cm³/mol. The van der Waals surface area contributed by atoms with Crippen molar-refractivity contribution in [3.8, 4) is 0 Å². The molecule has 1 heterocycles. The Kier molecular flexibility index (Phi) is 6.77. The predicted octanol–water partition coefficient (Wildman–Crippen LogP) is 3.08. The first-order valence-corrected chi connectivity index (χ1v) is 9.71. The van der Waals surface area contributed by atoms with Crippen molar-refractivity contribution < 1.29 is 27.3 Å². The normalized spacial score (nSPS) is 20.7. The van der Waals surface area contributed by atoms with Crippen LogP contribution in [0.5, 0.6) is 0 Å². The Labute approximate surface area is 170 Å². The molecule has 1 fully saturated rings. The highest BCUT2D eigenvalue weighted by molar-refractivity contribution is 6.62. The fourth-order valence-corrected chi connectivity index (χ4v) is 3.14. The van der Waals surface area contributed by atoms with E-state index in [9.17, 15) is 18.0 Å². The van der Waals surface area contributed by atoms with Crippen LogP contribution in [-0.2, 0) is 14.1 Å². The second-order valence-corrected chi connectivity index (χ2v) is 8.98. The molecule has 1 aliphatic rings. The van der Waals surface area contributed by atoms with Gasteiger partial charge in [0.1, 0.15) is 6.04 Å². The summed E-state index contributed by atoms with van der Waals surface area (Å²) in [4.78, 5) is 11.6. The molecule has 0 aliphatic carbocycles. The van der Waals surface area contributed by atoms with Gasteiger partial charge < -0.3 is 15.0 Å². The van der Waals surface area contributed by atoms with Gasteiger partial charge in [-0.15, -0.1) is 0 Å². The molecule has 0 saturated carbocycles. The SMILES string of the molecule is CC(C)C[C@H](N[C@@H](c1ccc(B2OC(C)(C)C(C)(C)O2)cc1)C(F)(F)F)C(N)=O. The molecular formula is C20H30BF3N2O3. The minimum absolute atomic E-state index is 0.00669. The van der Waals surface area contributed by atoms with Crippen LogP contribution in [-0.4, -0.2) is 36.4 Å². The number of carbonyl (C=O) groups excluding carboxylic acids is 1. The van der Waals surface area contributed by atoms with Gasteiger partial charge in [-0.2, -0.15) is 13.2 Å². The minimum Gasteiger partial charge on any atom is -0.399 e. The molecule has 162 valence electrons. The molecule has 3 N–H and O–H groups in total. The molecule has 0 spiro atoms. The summed E-state index contributed by atoms with van der Waals surface area (Å²) < 4.78 is 53.0. The van der Waals surface area contributed by atoms with Crippen LogP contribution in [0.25, 0.3) is 0 Å². The van der Waals surface area contributed by atoms with Crippen molar-refractivity contribution in [2.24, 2.45) is 11.7 Å². The summed E-state index contributed by atoms with van der Waals surface area (Å²) in [7, 11) is -0.661. The van der Waals surface area contributed by atoms with E-state index in [1.165, 1.54) is 12.1 Å². The first-order chi connectivity index (χ1) is 13.1. The van der Waals surface area contributed by atoms with Crippen LogP contribution in [0.2, 0.25) is 0 Å². The monoisotopic (exact) mass is 414 g/mol. The smallest absolute Gasteiger partial charge is 0.399 e. The number of hydrogen-bond donors (Lipinski definition) is 2. The lowest BCUT2D eigenvalue weighted by Gasteiger charge is -2.32. The first-order valence-electron chi connectivity index (χ1n) is 9.71. The summed E-state index contributed by atoms with van der Waals surface area (Å²) in [6.07, 6.45) is -4.37. The molecular weight excluding hydrogens is 384 g/mol. The Morgan fingerprint density at radius 3 is 1.97 bits per heavy atom. The lowest BCUT2D eigenvalue weighted by molar-refractivity contribution is -0.160. The molecule has 0 bridgehead atoms. The van der Waals surface area contributed by atoms with Crippen molar-refractivity contribution in [2.45, 2.75) is 77.4 Å². The Morgan fingerprint density at radius 1 is 1.10 bits per heavy atom. The molecule has 9 heteroatoms. The van der Waals surface area contributed by atoms with E-state index in [2.05, 4.69) is 5.32 Å². The first kappa shape index (κ1) is 23.7. The summed E-state index contributed by atoms with van der Waals surface area (Å²) in [5, 5.41) is 2.39. The molecule has 0 aromatic heterocycles. The van der Waals surface area contributed by atoms with E-state index in [0.717, 1.165) is 0 Å². The molecule has 2 rings (SSSR count). The van der Waals surface area contributed by atoms with Crippen LogP contribution in [0.15, 0.2) is 24.3 Å². The second kappa shape index (κ2) is 8.28. The maximum Gasteiger partial charge on any atom is 0.494 e. The molecule has 1 saturated heterocycles. The zero-order valence-electron chi connectivity index (χ0n) is 17.8. The van der Waals surface area contributed by atoms with Gasteiger partial charge in [-0.1, -0.05) is 38.1 Å². The highest BCUT2D eigenvalue weighted by atomic mass is 19.4. The average Bonchev–Trinajstić information content (AvgIpc) is 2.78. The number of primary amides is 1. The number of rotatable bonds is 7. The summed E-state index contributed by atoms with van der Waals surface area (Å²) >= 11 is 0. The zero-order valence-corrected chi connectivity index (χ0v) is 17.8. The number of amides is 1. The zero-order chi connectivity index (χ0) is 22.2. The van der Waals surface area contributed by atoms with E-state index < -0.39 is 42.5 Å². The Bertz CT molecular complexity index is 705. The molecule has 1 aromatic carbocycles. The van der Waals surface area contributed by atoms with Gasteiger partial charge in [0.05, 0.1) is 17.2 Å². The van der Waals surface area contributed by atoms with Gasteiger partial charge in [-0.05, 0) is 51.1 Å². The van der Waals surface area contributed by atoms with Crippen molar-refractivity contribution >= 4 is 18.5 Å². The maximum atomic E-state index is 13.7. The van der Waals surface area contributed by atoms with E-state index in [1.807, 2.05) is 41.5 Å². The third-order valence-corrected chi connectivity index (χ3v) is 5.54. The Balaban J connectivity index is 2.25. The molecule has 1 aliphatic heterocycles. The van der Waals surface area contributed by atoms with Crippen LogP contribution in [0.3, 0.4) is 0 Å². The number of alkyl halides is 3. The van der Waals surface area contributed by atoms with E-state index in [1.54, 1.807) is 12.1 Å². The molecule has 0 radical (unpaired) electrons. The Hall–Kier alpha value is -1.58. The van der Waals surface area contributed by atoms with Crippen LogP contribution < -0.4 is 16.5 Å². The molecule has 0 unspecified atom stereocenters. The van der Waals surface area contributed by atoms with Gasteiger partial charge in [0, 0.05) is 0 Å². The summed E-state index contributed by atoms with van der Waals surface area (Å²) in [6.45, 7) is 11.3. The van der Waals surface area contributed by atoms with E-state index in [-0.39, 0.29) is 17.9 Å². The third-order valence-electron chi connectivity index (χ3n) is 5.54. The highest BCUT2D eigenvalue weighted by Crippen LogP contribution is 2.37. The van der Waals surface area contributed by atoms with Crippen molar-refractivity contribution in [1.29, 1.82) is 0 Å². The van der Waals surface area contributed by atoms with Gasteiger partial charge in [0.15, 0.2) is 0 Å². The fraction of sp³-hybridized carbons (Fsp3) is 0.650. The number of carbonyl (C=O) groups is 1. The largest absolute Gasteiger partial charge is 0.494 e. The molecule has 1 amide bonds. The highest BCUT2D eigenvalue weighted by Gasteiger charge is 2.51. The summed E-state index contributed by atoms with van der Waals surface area (Å²) in [6, 6.07) is 2.77. The van der Waals surface area contributed by atoms with Gasteiger partial charge in [-0.25, -0.2) is 0 Å². The summed E-state index contributed by atoms with van der Waals surface area (Å²) in [5.41, 5.74) is 4.84. The molecule has 5 nitrogen and oxygen atoms in total. The summed E-state index contributed by atoms with van der Waals surface area (Å²) in [5.74, 6) is -0.790. The lowest BCUT2D eigenvalue weighted by Crippen LogP contribution is -2.48. The van der Waals surface area contributed by atoms with Gasteiger partial charge in [0.2, 0.25) is 5.91 Å². The van der Waals surface area contributed by atoms with Crippen molar-refractivity contribution in [2.75, 3.05) is 0 Å². The number of hydrogen-bond acceptors (Lipinski definition) is 4. The van der Waals surface area contributed by atoms with Crippen LogP contribution in [0.1, 0.15) is 59.6 Å². The van der Waals surface area contributed by atoms with E-state index in [4.69, 9.17) is 15.0 Å². The average molecular weight is 414 g/mol. The van der Waals surface area contributed by atoms with Crippen LogP contribution >= 0.6 is 0 Å².